The van der Waals surface area contributed by atoms with Crippen molar-refractivity contribution in [2.75, 3.05) is 6.61 Å². The summed E-state index contributed by atoms with van der Waals surface area (Å²) in [4.78, 5) is 24.6. The van der Waals surface area contributed by atoms with Crippen LogP contribution in [-0.2, 0) is 11.3 Å². The highest BCUT2D eigenvalue weighted by molar-refractivity contribution is 4.90. The topological polar surface area (TPSA) is 105 Å². The number of aromatic amines is 1. The summed E-state index contributed by atoms with van der Waals surface area (Å²) in [5.74, 6) is -0.194. The van der Waals surface area contributed by atoms with Gasteiger partial charge in [-0.25, -0.2) is 4.79 Å². The molecule has 0 unspecified atom stereocenters. The molecule has 18 heavy (non-hydrogen) atoms. The number of aliphatic hydroxyl groups excluding tert-OH is 2. The number of H-pyrrole nitrogens is 1. The van der Waals surface area contributed by atoms with Crippen LogP contribution in [0.2, 0.25) is 0 Å². The molecule has 2 rings (SSSR count). The maximum Gasteiger partial charge on any atom is 0.328 e. The largest absolute Gasteiger partial charge is 0.394 e. The van der Waals surface area contributed by atoms with E-state index in [4.69, 9.17) is 9.84 Å². The van der Waals surface area contributed by atoms with Crippen molar-refractivity contribution in [3.63, 3.8) is 0 Å². The molecule has 1 saturated heterocycles. The van der Waals surface area contributed by atoms with Crippen molar-refractivity contribution < 1.29 is 14.9 Å². The lowest BCUT2D eigenvalue weighted by atomic mass is 9.98. The minimum absolute atomic E-state index is 0.194. The number of hydrogen-bond donors (Lipinski definition) is 3. The van der Waals surface area contributed by atoms with Crippen LogP contribution in [0.1, 0.15) is 6.92 Å². The molecular formula is C11H16N2O5. The summed E-state index contributed by atoms with van der Waals surface area (Å²) in [7, 11) is 0. The van der Waals surface area contributed by atoms with Gasteiger partial charge in [-0.05, 0) is 0 Å². The lowest BCUT2D eigenvalue weighted by molar-refractivity contribution is -0.0261. The summed E-state index contributed by atoms with van der Waals surface area (Å²) in [6.07, 6.45) is -0.363. The zero-order valence-corrected chi connectivity index (χ0v) is 9.94. The molecule has 0 bridgehead atoms. The van der Waals surface area contributed by atoms with Crippen LogP contribution in [0.25, 0.3) is 0 Å². The Morgan fingerprint density at radius 2 is 2.17 bits per heavy atom. The molecule has 1 fully saturated rings. The van der Waals surface area contributed by atoms with Crippen LogP contribution in [0.15, 0.2) is 21.9 Å². The molecule has 0 amide bonds. The molecule has 4 atom stereocenters. The fourth-order valence-electron chi connectivity index (χ4n) is 2.13. The normalized spacial score (nSPS) is 31.7. The number of ether oxygens (including phenoxy) is 1. The number of aromatic nitrogens is 2. The van der Waals surface area contributed by atoms with E-state index in [0.29, 0.717) is 0 Å². The van der Waals surface area contributed by atoms with E-state index in [9.17, 15) is 14.7 Å². The molecule has 3 N–H and O–H groups in total. The summed E-state index contributed by atoms with van der Waals surface area (Å²) in [6.45, 7) is 1.76. The van der Waals surface area contributed by atoms with Gasteiger partial charge in [0.05, 0.1) is 25.4 Å². The lowest BCUT2D eigenvalue weighted by Gasteiger charge is -2.16. The third kappa shape index (κ3) is 2.38. The molecule has 100 valence electrons. The van der Waals surface area contributed by atoms with Crippen molar-refractivity contribution >= 4 is 0 Å². The zero-order chi connectivity index (χ0) is 13.3. The Hall–Kier alpha value is -1.44. The highest BCUT2D eigenvalue weighted by Crippen LogP contribution is 2.27. The second-order valence-corrected chi connectivity index (χ2v) is 4.51. The molecule has 1 aromatic rings. The SMILES string of the molecule is C[C@H]1[C@H](O)[C@@H](CO)O[C@H]1Cn1ccc(=O)[nH]c1=O. The van der Waals surface area contributed by atoms with Gasteiger partial charge in [0.1, 0.15) is 6.10 Å². The molecule has 0 aliphatic carbocycles. The van der Waals surface area contributed by atoms with Crippen LogP contribution in [0.4, 0.5) is 0 Å². The van der Waals surface area contributed by atoms with Crippen molar-refractivity contribution in [1.29, 1.82) is 0 Å². The Morgan fingerprint density at radius 3 is 2.72 bits per heavy atom. The van der Waals surface area contributed by atoms with E-state index in [1.54, 1.807) is 6.92 Å². The molecular weight excluding hydrogens is 240 g/mol. The first-order valence-corrected chi connectivity index (χ1v) is 5.77. The summed E-state index contributed by atoms with van der Waals surface area (Å²) >= 11 is 0. The predicted octanol–water partition coefficient (Wildman–Crippen LogP) is -1.71. The van der Waals surface area contributed by atoms with E-state index < -0.39 is 23.5 Å². The molecule has 1 aliphatic rings. The van der Waals surface area contributed by atoms with Crippen LogP contribution < -0.4 is 11.2 Å². The van der Waals surface area contributed by atoms with Crippen molar-refractivity contribution in [2.45, 2.75) is 31.8 Å². The number of hydrogen-bond acceptors (Lipinski definition) is 5. The maximum atomic E-state index is 11.5. The third-order valence-corrected chi connectivity index (χ3v) is 3.31. The number of nitrogens with zero attached hydrogens (tertiary/aromatic N) is 1. The van der Waals surface area contributed by atoms with E-state index in [2.05, 4.69) is 4.98 Å². The Kier molecular flexibility index (Phi) is 3.65. The summed E-state index contributed by atoms with van der Waals surface area (Å²) in [5, 5.41) is 18.8. The summed E-state index contributed by atoms with van der Waals surface area (Å²) in [5.41, 5.74) is -0.967. The van der Waals surface area contributed by atoms with Crippen molar-refractivity contribution in [1.82, 2.24) is 9.55 Å². The second kappa shape index (κ2) is 5.05. The minimum Gasteiger partial charge on any atom is -0.394 e. The molecule has 7 nitrogen and oxygen atoms in total. The van der Waals surface area contributed by atoms with Crippen molar-refractivity contribution in [3.8, 4) is 0 Å². The van der Waals surface area contributed by atoms with Crippen LogP contribution in [-0.4, -0.2) is 44.7 Å². The molecule has 1 aromatic heterocycles. The Bertz CT molecular complexity index is 523. The highest BCUT2D eigenvalue weighted by atomic mass is 16.5. The van der Waals surface area contributed by atoms with Crippen LogP contribution in [0.5, 0.6) is 0 Å². The van der Waals surface area contributed by atoms with E-state index in [0.717, 1.165) is 0 Å². The highest BCUT2D eigenvalue weighted by Gasteiger charge is 2.40. The van der Waals surface area contributed by atoms with Gasteiger partial charge in [-0.3, -0.25) is 14.3 Å². The average Bonchev–Trinajstić information content (AvgIpc) is 2.60. The van der Waals surface area contributed by atoms with Gasteiger partial charge in [-0.15, -0.1) is 0 Å². The average molecular weight is 256 g/mol. The lowest BCUT2D eigenvalue weighted by Crippen LogP contribution is -2.34. The predicted molar refractivity (Wildman–Crippen MR) is 62.2 cm³/mol. The molecule has 0 aromatic carbocycles. The third-order valence-electron chi connectivity index (χ3n) is 3.31. The zero-order valence-electron chi connectivity index (χ0n) is 9.94. The number of aliphatic hydroxyl groups is 2. The molecule has 2 heterocycles. The molecule has 0 saturated carbocycles. The monoisotopic (exact) mass is 256 g/mol. The van der Waals surface area contributed by atoms with Gasteiger partial charge in [0, 0.05) is 18.2 Å². The van der Waals surface area contributed by atoms with Crippen LogP contribution in [0.3, 0.4) is 0 Å². The maximum absolute atomic E-state index is 11.5. The minimum atomic E-state index is -0.751. The van der Waals surface area contributed by atoms with Gasteiger partial charge in [-0.2, -0.15) is 0 Å². The van der Waals surface area contributed by atoms with Crippen LogP contribution >= 0.6 is 0 Å². The Labute approximate surface area is 103 Å². The molecule has 1 aliphatic heterocycles. The van der Waals surface area contributed by atoms with E-state index in [1.807, 2.05) is 0 Å². The first kappa shape index (κ1) is 13.0. The van der Waals surface area contributed by atoms with Gasteiger partial charge in [-0.1, -0.05) is 6.92 Å². The van der Waals surface area contributed by atoms with E-state index in [-0.39, 0.29) is 25.2 Å². The van der Waals surface area contributed by atoms with Gasteiger partial charge in [0.15, 0.2) is 0 Å². The first-order chi connectivity index (χ1) is 8.52. The standard InChI is InChI=1S/C11H16N2O5/c1-6-7(18-8(5-14)10(6)16)4-13-3-2-9(15)12-11(13)17/h2-3,6-8,10,14,16H,4-5H2,1H3,(H,12,15,17)/t6-,7+,8-,10+/m1/s1. The molecule has 7 heteroatoms. The number of nitrogens with one attached hydrogen (secondary N) is 1. The second-order valence-electron chi connectivity index (χ2n) is 4.51. The molecule has 0 radical (unpaired) electrons. The smallest absolute Gasteiger partial charge is 0.328 e. The summed E-state index contributed by atoms with van der Waals surface area (Å²) < 4.78 is 6.79. The first-order valence-electron chi connectivity index (χ1n) is 5.77. The van der Waals surface area contributed by atoms with E-state index >= 15 is 0 Å². The molecule has 0 spiro atoms. The van der Waals surface area contributed by atoms with Gasteiger partial charge >= 0.3 is 5.69 Å². The van der Waals surface area contributed by atoms with Crippen LogP contribution in [0, 0.1) is 5.92 Å². The van der Waals surface area contributed by atoms with E-state index in [1.165, 1.54) is 16.8 Å². The van der Waals surface area contributed by atoms with Gasteiger partial charge < -0.3 is 14.9 Å². The fraction of sp³-hybridized carbons (Fsp3) is 0.636. The van der Waals surface area contributed by atoms with Crippen molar-refractivity contribution in [3.05, 3.63) is 33.1 Å². The summed E-state index contributed by atoms with van der Waals surface area (Å²) in [6, 6.07) is 1.25. The number of rotatable bonds is 3. The van der Waals surface area contributed by atoms with Gasteiger partial charge in [0.25, 0.3) is 5.56 Å². The Balaban J connectivity index is 2.15. The Morgan fingerprint density at radius 1 is 1.44 bits per heavy atom. The quantitative estimate of drug-likeness (QED) is 0.597. The fourth-order valence-corrected chi connectivity index (χ4v) is 2.13. The van der Waals surface area contributed by atoms with Gasteiger partial charge in [0.2, 0.25) is 0 Å². The van der Waals surface area contributed by atoms with Crippen molar-refractivity contribution in [2.24, 2.45) is 5.92 Å².